The first kappa shape index (κ1) is 15.3. The second-order valence-corrected chi connectivity index (χ2v) is 5.66. The Morgan fingerprint density at radius 1 is 1.45 bits per heavy atom. The monoisotopic (exact) mass is 342 g/mol. The molecule has 20 heavy (non-hydrogen) atoms. The molecule has 5 heteroatoms. The number of halogens is 1. The maximum atomic E-state index is 11.9. The number of carbonyl (C=O) groups is 1. The van der Waals surface area contributed by atoms with E-state index in [0.717, 1.165) is 35.7 Å². The van der Waals surface area contributed by atoms with Gasteiger partial charge in [0.25, 0.3) is 0 Å². The average molecular weight is 343 g/mol. The van der Waals surface area contributed by atoms with Gasteiger partial charge in [0.15, 0.2) is 6.10 Å². The van der Waals surface area contributed by atoms with E-state index in [1.807, 2.05) is 6.07 Å². The smallest absolute Gasteiger partial charge is 0.339 e. The standard InChI is InChI=1S/C15H19BrO4/c1-3-20-15(18)13(17)12-10-7-5-4-6-9(10)8-11(16)14(12)19-2/h8,13,17H,3-7H2,1-2H3. The molecule has 2 rings (SSSR count). The normalized spacial score (nSPS) is 15.4. The molecular formula is C15H19BrO4. The minimum Gasteiger partial charge on any atom is -0.495 e. The first-order valence-corrected chi connectivity index (χ1v) is 7.62. The highest BCUT2D eigenvalue weighted by atomic mass is 79.9. The molecule has 1 aromatic carbocycles. The van der Waals surface area contributed by atoms with Crippen LogP contribution in [0.15, 0.2) is 10.5 Å². The first-order valence-electron chi connectivity index (χ1n) is 6.83. The number of methoxy groups -OCH3 is 1. The Bertz CT molecular complexity index is 513. The third-order valence-corrected chi connectivity index (χ3v) is 4.17. The topological polar surface area (TPSA) is 55.8 Å². The highest BCUT2D eigenvalue weighted by molar-refractivity contribution is 9.10. The number of hydrogen-bond acceptors (Lipinski definition) is 4. The van der Waals surface area contributed by atoms with Crippen molar-refractivity contribution in [1.29, 1.82) is 0 Å². The van der Waals surface area contributed by atoms with E-state index in [1.165, 1.54) is 12.7 Å². The molecule has 0 spiro atoms. The Morgan fingerprint density at radius 3 is 2.80 bits per heavy atom. The minimum absolute atomic E-state index is 0.244. The maximum Gasteiger partial charge on any atom is 0.339 e. The van der Waals surface area contributed by atoms with E-state index in [2.05, 4.69) is 15.9 Å². The molecule has 0 heterocycles. The molecule has 0 amide bonds. The number of hydrogen-bond donors (Lipinski definition) is 1. The van der Waals surface area contributed by atoms with Gasteiger partial charge < -0.3 is 14.6 Å². The fourth-order valence-electron chi connectivity index (χ4n) is 2.72. The number of esters is 1. The maximum absolute atomic E-state index is 11.9. The van der Waals surface area contributed by atoms with E-state index in [0.29, 0.717) is 11.3 Å². The molecule has 1 unspecified atom stereocenters. The van der Waals surface area contributed by atoms with Crippen LogP contribution in [0.1, 0.15) is 42.6 Å². The van der Waals surface area contributed by atoms with Gasteiger partial charge in [0, 0.05) is 5.56 Å². The van der Waals surface area contributed by atoms with Gasteiger partial charge in [-0.25, -0.2) is 4.79 Å². The van der Waals surface area contributed by atoms with Crippen LogP contribution in [0, 0.1) is 0 Å². The second kappa shape index (κ2) is 6.59. The summed E-state index contributed by atoms with van der Waals surface area (Å²) in [5.41, 5.74) is 2.74. The lowest BCUT2D eigenvalue weighted by Gasteiger charge is -2.24. The summed E-state index contributed by atoms with van der Waals surface area (Å²) in [6.07, 6.45) is 2.70. The van der Waals surface area contributed by atoms with Crippen LogP contribution in [-0.4, -0.2) is 24.8 Å². The number of aryl methyl sites for hydroxylation is 1. The van der Waals surface area contributed by atoms with Gasteiger partial charge in [0.2, 0.25) is 0 Å². The zero-order valence-corrected chi connectivity index (χ0v) is 13.3. The Labute approximate surface area is 127 Å². The highest BCUT2D eigenvalue weighted by Crippen LogP contribution is 2.40. The van der Waals surface area contributed by atoms with Gasteiger partial charge in [0.1, 0.15) is 5.75 Å². The number of ether oxygens (including phenoxy) is 2. The van der Waals surface area contributed by atoms with Crippen molar-refractivity contribution in [3.63, 3.8) is 0 Å². The molecule has 1 aliphatic carbocycles. The molecule has 0 fully saturated rings. The van der Waals surface area contributed by atoms with Crippen molar-refractivity contribution in [3.05, 3.63) is 27.2 Å². The zero-order valence-electron chi connectivity index (χ0n) is 11.7. The quantitative estimate of drug-likeness (QED) is 0.854. The molecule has 0 saturated carbocycles. The van der Waals surface area contributed by atoms with Crippen molar-refractivity contribution in [2.24, 2.45) is 0 Å². The summed E-state index contributed by atoms with van der Waals surface area (Å²) >= 11 is 3.45. The van der Waals surface area contributed by atoms with E-state index in [9.17, 15) is 9.90 Å². The lowest BCUT2D eigenvalue weighted by atomic mass is 9.86. The number of rotatable bonds is 4. The number of aliphatic hydroxyl groups is 1. The van der Waals surface area contributed by atoms with Crippen LogP contribution in [-0.2, 0) is 22.4 Å². The average Bonchev–Trinajstić information content (AvgIpc) is 2.45. The van der Waals surface area contributed by atoms with E-state index in [-0.39, 0.29) is 6.61 Å². The molecule has 4 nitrogen and oxygen atoms in total. The van der Waals surface area contributed by atoms with Crippen LogP contribution in [0.3, 0.4) is 0 Å². The predicted molar refractivity (Wildman–Crippen MR) is 78.9 cm³/mol. The van der Waals surface area contributed by atoms with Crippen molar-refractivity contribution >= 4 is 21.9 Å². The molecule has 0 aromatic heterocycles. The summed E-state index contributed by atoms with van der Waals surface area (Å²) < 4.78 is 11.1. The minimum atomic E-state index is -1.30. The number of benzene rings is 1. The molecule has 110 valence electrons. The molecule has 0 aliphatic heterocycles. The molecular weight excluding hydrogens is 324 g/mol. The van der Waals surface area contributed by atoms with Crippen molar-refractivity contribution in [1.82, 2.24) is 0 Å². The van der Waals surface area contributed by atoms with Crippen molar-refractivity contribution < 1.29 is 19.4 Å². The Morgan fingerprint density at radius 2 is 2.15 bits per heavy atom. The summed E-state index contributed by atoms with van der Waals surface area (Å²) in [5, 5.41) is 10.3. The van der Waals surface area contributed by atoms with Crippen molar-refractivity contribution in [2.75, 3.05) is 13.7 Å². The number of aliphatic hydroxyl groups excluding tert-OH is 1. The molecule has 0 radical (unpaired) electrons. The van der Waals surface area contributed by atoms with Gasteiger partial charge in [-0.05, 0) is 65.7 Å². The zero-order chi connectivity index (χ0) is 14.7. The summed E-state index contributed by atoms with van der Waals surface area (Å²) in [6.45, 7) is 1.96. The molecule has 1 N–H and O–H groups in total. The van der Waals surface area contributed by atoms with Gasteiger partial charge in [-0.1, -0.05) is 0 Å². The Kier molecular flexibility index (Phi) is 5.05. The van der Waals surface area contributed by atoms with Gasteiger partial charge in [-0.15, -0.1) is 0 Å². The van der Waals surface area contributed by atoms with Crippen molar-refractivity contribution in [3.8, 4) is 5.75 Å². The van der Waals surface area contributed by atoms with Gasteiger partial charge >= 0.3 is 5.97 Å². The SMILES string of the molecule is CCOC(=O)C(O)c1c2c(cc(Br)c1OC)CCCC2. The van der Waals surface area contributed by atoms with Gasteiger partial charge in [-0.2, -0.15) is 0 Å². The molecule has 1 aromatic rings. The molecule has 0 saturated heterocycles. The van der Waals surface area contributed by atoms with Crippen molar-refractivity contribution in [2.45, 2.75) is 38.7 Å². The highest BCUT2D eigenvalue weighted by Gasteiger charge is 2.29. The molecule has 1 atom stereocenters. The number of fused-ring (bicyclic) bond motifs is 1. The van der Waals surface area contributed by atoms with Crippen LogP contribution in [0.5, 0.6) is 5.75 Å². The van der Waals surface area contributed by atoms with Crippen LogP contribution in [0.2, 0.25) is 0 Å². The Balaban J connectivity index is 2.53. The lowest BCUT2D eigenvalue weighted by molar-refractivity contribution is -0.153. The lowest BCUT2D eigenvalue weighted by Crippen LogP contribution is -2.20. The van der Waals surface area contributed by atoms with E-state index in [1.54, 1.807) is 6.92 Å². The fourth-order valence-corrected chi connectivity index (χ4v) is 3.37. The summed E-state index contributed by atoms with van der Waals surface area (Å²) in [5.74, 6) is -0.108. The second-order valence-electron chi connectivity index (χ2n) is 4.80. The third kappa shape index (κ3) is 2.83. The van der Waals surface area contributed by atoms with Crippen LogP contribution < -0.4 is 4.74 Å². The first-order chi connectivity index (χ1) is 9.60. The summed E-state index contributed by atoms with van der Waals surface area (Å²) in [6, 6.07) is 2.02. The van der Waals surface area contributed by atoms with Crippen LogP contribution in [0.4, 0.5) is 0 Å². The Hall–Kier alpha value is -1.07. The summed E-state index contributed by atoms with van der Waals surface area (Å²) in [4.78, 5) is 11.9. The third-order valence-electron chi connectivity index (χ3n) is 3.59. The largest absolute Gasteiger partial charge is 0.495 e. The van der Waals surface area contributed by atoms with Crippen LogP contribution in [0.25, 0.3) is 0 Å². The van der Waals surface area contributed by atoms with E-state index >= 15 is 0 Å². The van der Waals surface area contributed by atoms with Gasteiger partial charge in [-0.3, -0.25) is 0 Å². The summed E-state index contributed by atoms with van der Waals surface area (Å²) in [7, 11) is 1.54. The number of carbonyl (C=O) groups excluding carboxylic acids is 1. The predicted octanol–water partition coefficient (Wildman–Crippen LogP) is 2.93. The van der Waals surface area contributed by atoms with Gasteiger partial charge in [0.05, 0.1) is 18.2 Å². The fraction of sp³-hybridized carbons (Fsp3) is 0.533. The van der Waals surface area contributed by atoms with Crippen LogP contribution >= 0.6 is 15.9 Å². The van der Waals surface area contributed by atoms with E-state index in [4.69, 9.17) is 9.47 Å². The molecule has 1 aliphatic rings. The molecule has 0 bridgehead atoms. The van der Waals surface area contributed by atoms with E-state index < -0.39 is 12.1 Å².